The molecule has 0 heterocycles. The molecule has 0 saturated carbocycles. The summed E-state index contributed by atoms with van der Waals surface area (Å²) in [6, 6.07) is 13.5. The number of aryl methyl sites for hydroxylation is 1. The van der Waals surface area contributed by atoms with E-state index >= 15 is 0 Å². The molecule has 0 fully saturated rings. The molecule has 2 aromatic carbocycles. The first-order chi connectivity index (χ1) is 12.8. The largest absolute Gasteiger partial charge is 0.351 e. The maximum atomic E-state index is 13.1. The van der Waals surface area contributed by atoms with Crippen LogP contribution in [0.15, 0.2) is 53.4 Å². The summed E-state index contributed by atoms with van der Waals surface area (Å²) in [6.07, 6.45) is 0. The number of benzene rings is 2. The molecular weight excluding hydrogens is 362 g/mol. The van der Waals surface area contributed by atoms with Crippen LogP contribution in [0.2, 0.25) is 0 Å². The van der Waals surface area contributed by atoms with Crippen LogP contribution in [-0.4, -0.2) is 53.0 Å². The number of hydrogen-bond donors (Lipinski definition) is 1. The van der Waals surface area contributed by atoms with Crippen LogP contribution in [0.3, 0.4) is 0 Å². The van der Waals surface area contributed by atoms with Crippen molar-refractivity contribution in [1.82, 2.24) is 10.2 Å². The number of nitrogens with one attached hydrogen (secondary N) is 1. The third-order valence-corrected chi connectivity index (χ3v) is 6.00. The van der Waals surface area contributed by atoms with E-state index in [-0.39, 0.29) is 10.8 Å². The number of sulfonamides is 1. The van der Waals surface area contributed by atoms with Crippen LogP contribution in [0.4, 0.5) is 5.69 Å². The molecule has 1 amide bonds. The molecule has 6 nitrogen and oxygen atoms in total. The molecule has 0 aliphatic carbocycles. The minimum atomic E-state index is -3.77. The van der Waals surface area contributed by atoms with Crippen molar-refractivity contribution in [2.75, 3.05) is 38.0 Å². The highest BCUT2D eigenvalue weighted by atomic mass is 32.2. The van der Waals surface area contributed by atoms with Crippen LogP contribution in [-0.2, 0) is 10.0 Å². The van der Waals surface area contributed by atoms with Gasteiger partial charge in [0.15, 0.2) is 0 Å². The first-order valence-corrected chi connectivity index (χ1v) is 10.3. The summed E-state index contributed by atoms with van der Waals surface area (Å²) < 4.78 is 27.6. The second-order valence-electron chi connectivity index (χ2n) is 6.60. The Balaban J connectivity index is 2.29. The molecule has 0 atom stereocenters. The lowest BCUT2D eigenvalue weighted by molar-refractivity contribution is 0.0951. The molecule has 0 aliphatic rings. The summed E-state index contributed by atoms with van der Waals surface area (Å²) in [5.74, 6) is -0.285. The first-order valence-electron chi connectivity index (χ1n) is 8.88. The summed E-state index contributed by atoms with van der Waals surface area (Å²) >= 11 is 0. The fraction of sp³-hybridized carbons (Fsp3) is 0.350. The number of hydrogen-bond acceptors (Lipinski definition) is 4. The number of rotatable bonds is 8. The number of carbonyl (C=O) groups excluding carboxylic acids is 1. The van der Waals surface area contributed by atoms with Crippen molar-refractivity contribution in [2.24, 2.45) is 0 Å². The second-order valence-corrected chi connectivity index (χ2v) is 8.46. The van der Waals surface area contributed by atoms with E-state index in [1.807, 2.05) is 44.1 Å². The molecule has 1 N–H and O–H groups in total. The predicted molar refractivity (Wildman–Crippen MR) is 109 cm³/mol. The molecule has 2 aromatic rings. The molecule has 7 heteroatoms. The van der Waals surface area contributed by atoms with Crippen molar-refractivity contribution in [3.8, 4) is 0 Å². The summed E-state index contributed by atoms with van der Waals surface area (Å²) in [5.41, 5.74) is 1.92. The lowest BCUT2D eigenvalue weighted by Gasteiger charge is -2.23. The molecule has 0 unspecified atom stereocenters. The van der Waals surface area contributed by atoms with Crippen molar-refractivity contribution in [3.63, 3.8) is 0 Å². The van der Waals surface area contributed by atoms with Gasteiger partial charge in [-0.1, -0.05) is 18.2 Å². The number of anilines is 1. The van der Waals surface area contributed by atoms with Crippen LogP contribution >= 0.6 is 0 Å². The molecule has 27 heavy (non-hydrogen) atoms. The van der Waals surface area contributed by atoms with Crippen LogP contribution < -0.4 is 9.62 Å². The fourth-order valence-corrected chi connectivity index (χ4v) is 4.21. The lowest BCUT2D eigenvalue weighted by Crippen LogP contribution is -2.32. The van der Waals surface area contributed by atoms with Gasteiger partial charge in [0.05, 0.1) is 10.6 Å². The third-order valence-electron chi connectivity index (χ3n) is 4.11. The Bertz CT molecular complexity index is 895. The van der Waals surface area contributed by atoms with Gasteiger partial charge in [0.1, 0.15) is 0 Å². The normalized spacial score (nSPS) is 11.4. The summed E-state index contributed by atoms with van der Waals surface area (Å²) in [4.78, 5) is 14.4. The average molecular weight is 390 g/mol. The molecule has 0 radical (unpaired) electrons. The maximum Gasteiger partial charge on any atom is 0.264 e. The van der Waals surface area contributed by atoms with Crippen molar-refractivity contribution in [2.45, 2.75) is 18.7 Å². The lowest BCUT2D eigenvalue weighted by atomic mass is 10.2. The van der Waals surface area contributed by atoms with Gasteiger partial charge in [-0.25, -0.2) is 8.42 Å². The van der Waals surface area contributed by atoms with Gasteiger partial charge < -0.3 is 10.2 Å². The minimum Gasteiger partial charge on any atom is -0.351 e. The maximum absolute atomic E-state index is 13.1. The Morgan fingerprint density at radius 1 is 1.07 bits per heavy atom. The standard InChI is InChI=1S/C20H27N3O3S/c1-5-23(18-10-6-8-16(2)14-18)27(25,26)19-11-7-9-17(15-19)20(24)21-12-13-22(3)4/h6-11,14-15H,5,12-13H2,1-4H3,(H,21,24). The Kier molecular flexibility index (Phi) is 6.98. The number of nitrogens with zero attached hydrogens (tertiary/aromatic N) is 2. The molecule has 2 rings (SSSR count). The second kappa shape index (κ2) is 9.01. The molecular formula is C20H27N3O3S. The van der Waals surface area contributed by atoms with E-state index in [1.54, 1.807) is 25.1 Å². The highest BCUT2D eigenvalue weighted by Gasteiger charge is 2.24. The van der Waals surface area contributed by atoms with Crippen molar-refractivity contribution in [1.29, 1.82) is 0 Å². The van der Waals surface area contributed by atoms with Crippen LogP contribution in [0.25, 0.3) is 0 Å². The topological polar surface area (TPSA) is 69.7 Å². The number of carbonyl (C=O) groups is 1. The Hall–Kier alpha value is -2.38. The highest BCUT2D eigenvalue weighted by Crippen LogP contribution is 2.24. The van der Waals surface area contributed by atoms with E-state index in [1.165, 1.54) is 16.4 Å². The van der Waals surface area contributed by atoms with E-state index in [0.29, 0.717) is 30.9 Å². The van der Waals surface area contributed by atoms with E-state index in [0.717, 1.165) is 5.56 Å². The molecule has 0 aliphatic heterocycles. The SMILES string of the molecule is CCN(c1cccc(C)c1)S(=O)(=O)c1cccc(C(=O)NCCN(C)C)c1. The van der Waals surface area contributed by atoms with Gasteiger partial charge in [-0.15, -0.1) is 0 Å². The predicted octanol–water partition coefficient (Wildman–Crippen LogP) is 2.50. The number of amides is 1. The molecule has 146 valence electrons. The molecule has 0 spiro atoms. The molecule has 0 aromatic heterocycles. The summed E-state index contributed by atoms with van der Waals surface area (Å²) in [6.45, 7) is 5.21. The van der Waals surface area contributed by atoms with Crippen LogP contribution in [0.1, 0.15) is 22.8 Å². The summed E-state index contributed by atoms with van der Waals surface area (Å²) in [5, 5.41) is 2.80. The van der Waals surface area contributed by atoms with Gasteiger partial charge in [-0.3, -0.25) is 9.10 Å². The van der Waals surface area contributed by atoms with Gasteiger partial charge in [-0.2, -0.15) is 0 Å². The zero-order valence-electron chi connectivity index (χ0n) is 16.3. The van der Waals surface area contributed by atoms with Gasteiger partial charge in [0.25, 0.3) is 15.9 Å². The third kappa shape index (κ3) is 5.30. The Morgan fingerprint density at radius 2 is 1.78 bits per heavy atom. The van der Waals surface area contributed by atoms with Gasteiger partial charge in [0.2, 0.25) is 0 Å². The van der Waals surface area contributed by atoms with Crippen molar-refractivity contribution >= 4 is 21.6 Å². The average Bonchev–Trinajstić information content (AvgIpc) is 2.62. The van der Waals surface area contributed by atoms with Gasteiger partial charge in [-0.05, 0) is 63.8 Å². The van der Waals surface area contributed by atoms with E-state index in [2.05, 4.69) is 5.32 Å². The molecule has 0 saturated heterocycles. The van der Waals surface area contributed by atoms with Crippen molar-refractivity contribution in [3.05, 3.63) is 59.7 Å². The molecule has 0 bridgehead atoms. The zero-order chi connectivity index (χ0) is 20.0. The highest BCUT2D eigenvalue weighted by molar-refractivity contribution is 7.92. The zero-order valence-corrected chi connectivity index (χ0v) is 17.1. The Labute approximate surface area is 161 Å². The van der Waals surface area contributed by atoms with E-state index in [4.69, 9.17) is 0 Å². The summed E-state index contributed by atoms with van der Waals surface area (Å²) in [7, 11) is 0.0754. The smallest absolute Gasteiger partial charge is 0.264 e. The fourth-order valence-electron chi connectivity index (χ4n) is 2.69. The van der Waals surface area contributed by atoms with E-state index < -0.39 is 10.0 Å². The monoisotopic (exact) mass is 389 g/mol. The number of likely N-dealkylation sites (N-methyl/N-ethyl adjacent to an activating group) is 1. The van der Waals surface area contributed by atoms with Gasteiger partial charge >= 0.3 is 0 Å². The Morgan fingerprint density at radius 3 is 2.41 bits per heavy atom. The van der Waals surface area contributed by atoms with Gasteiger partial charge in [0, 0.05) is 25.2 Å². The minimum absolute atomic E-state index is 0.103. The van der Waals surface area contributed by atoms with Crippen LogP contribution in [0.5, 0.6) is 0 Å². The quantitative estimate of drug-likeness (QED) is 0.753. The van der Waals surface area contributed by atoms with Crippen molar-refractivity contribution < 1.29 is 13.2 Å². The van der Waals surface area contributed by atoms with E-state index in [9.17, 15) is 13.2 Å². The van der Waals surface area contributed by atoms with Crippen LogP contribution in [0, 0.1) is 6.92 Å². The first kappa shape index (κ1) is 20.9.